The Labute approximate surface area is 230 Å². The lowest BCUT2D eigenvalue weighted by molar-refractivity contribution is -0.114. The van der Waals surface area contributed by atoms with E-state index in [1.807, 2.05) is 25.1 Å². The van der Waals surface area contributed by atoms with Crippen molar-refractivity contribution in [3.63, 3.8) is 0 Å². The summed E-state index contributed by atoms with van der Waals surface area (Å²) in [6.45, 7) is 5.75. The van der Waals surface area contributed by atoms with Crippen LogP contribution in [0.5, 0.6) is 0 Å². The summed E-state index contributed by atoms with van der Waals surface area (Å²) in [5.74, 6) is 0.420. The van der Waals surface area contributed by atoms with Gasteiger partial charge in [0.1, 0.15) is 11.3 Å². The van der Waals surface area contributed by atoms with E-state index in [0.717, 1.165) is 58.6 Å². The number of carboxylic acid groups (broad SMARTS) is 1. The summed E-state index contributed by atoms with van der Waals surface area (Å²) in [4.78, 5) is 29.1. The van der Waals surface area contributed by atoms with E-state index < -0.39 is 5.97 Å². The molecule has 0 aliphatic heterocycles. The van der Waals surface area contributed by atoms with E-state index in [1.165, 1.54) is 37.7 Å². The zero-order valence-corrected chi connectivity index (χ0v) is 23.1. The summed E-state index contributed by atoms with van der Waals surface area (Å²) in [6.07, 6.45) is 8.97. The van der Waals surface area contributed by atoms with Crippen LogP contribution in [0.3, 0.4) is 0 Å². The molecule has 39 heavy (non-hydrogen) atoms. The van der Waals surface area contributed by atoms with Crippen molar-refractivity contribution in [2.45, 2.75) is 78.1 Å². The second-order valence-corrected chi connectivity index (χ2v) is 10.8. The molecule has 0 unspecified atom stereocenters. The molecular weight excluding hydrogens is 486 g/mol. The van der Waals surface area contributed by atoms with Crippen molar-refractivity contribution in [1.82, 2.24) is 9.55 Å². The quantitative estimate of drug-likeness (QED) is 0.245. The Hall–Kier alpha value is -3.93. The molecule has 1 amide bonds. The first-order valence-electron chi connectivity index (χ1n) is 14.1. The lowest BCUT2D eigenvalue weighted by atomic mass is 9.84. The van der Waals surface area contributed by atoms with Gasteiger partial charge in [-0.1, -0.05) is 56.9 Å². The molecule has 3 aromatic carbocycles. The van der Waals surface area contributed by atoms with Crippen LogP contribution in [0.1, 0.15) is 92.0 Å². The van der Waals surface area contributed by atoms with Gasteiger partial charge in [-0.2, -0.15) is 0 Å². The van der Waals surface area contributed by atoms with Crippen molar-refractivity contribution < 1.29 is 14.7 Å². The zero-order chi connectivity index (χ0) is 27.5. The van der Waals surface area contributed by atoms with Gasteiger partial charge in [-0.15, -0.1) is 0 Å². The Morgan fingerprint density at radius 2 is 1.79 bits per heavy atom. The molecule has 0 radical (unpaired) electrons. The fraction of sp³-hybridized carbons (Fsp3) is 0.364. The first-order chi connectivity index (χ1) is 18.9. The molecule has 5 rings (SSSR count). The molecule has 6 nitrogen and oxygen atoms in total. The maximum absolute atomic E-state index is 12.2. The van der Waals surface area contributed by atoms with Gasteiger partial charge in [-0.05, 0) is 84.7 Å². The molecule has 0 bridgehead atoms. The van der Waals surface area contributed by atoms with Crippen molar-refractivity contribution >= 4 is 28.6 Å². The number of benzene rings is 3. The number of aryl methyl sites for hydroxylation is 2. The van der Waals surface area contributed by atoms with Crippen molar-refractivity contribution in [3.05, 3.63) is 77.1 Å². The number of amides is 1. The van der Waals surface area contributed by atoms with Crippen LogP contribution in [0, 0.1) is 6.92 Å². The van der Waals surface area contributed by atoms with Crippen LogP contribution < -0.4 is 5.32 Å². The molecule has 1 fully saturated rings. The van der Waals surface area contributed by atoms with Crippen LogP contribution in [-0.2, 0) is 11.2 Å². The highest BCUT2D eigenvalue weighted by molar-refractivity contribution is 6.00. The number of carboxylic acids is 1. The Balaban J connectivity index is 1.69. The zero-order valence-electron chi connectivity index (χ0n) is 23.1. The fourth-order valence-corrected chi connectivity index (χ4v) is 5.99. The molecule has 0 saturated heterocycles. The molecular formula is C33H37N3O3. The van der Waals surface area contributed by atoms with Crippen LogP contribution in [0.25, 0.3) is 27.8 Å². The summed E-state index contributed by atoms with van der Waals surface area (Å²) >= 11 is 0. The van der Waals surface area contributed by atoms with E-state index in [9.17, 15) is 14.7 Å². The number of nitrogens with one attached hydrogen (secondary N) is 1. The topological polar surface area (TPSA) is 84.2 Å². The van der Waals surface area contributed by atoms with Crippen LogP contribution in [0.4, 0.5) is 5.69 Å². The van der Waals surface area contributed by atoms with Crippen LogP contribution in [-0.4, -0.2) is 26.5 Å². The second-order valence-electron chi connectivity index (χ2n) is 10.8. The normalized spacial score (nSPS) is 14.0. The van der Waals surface area contributed by atoms with Gasteiger partial charge in [0.05, 0.1) is 16.8 Å². The highest BCUT2D eigenvalue weighted by atomic mass is 16.4. The summed E-state index contributed by atoms with van der Waals surface area (Å²) in [7, 11) is 0. The van der Waals surface area contributed by atoms with Crippen LogP contribution in [0.2, 0.25) is 0 Å². The number of unbranched alkanes of at least 4 members (excludes halogenated alkanes) is 1. The highest BCUT2D eigenvalue weighted by Gasteiger charge is 2.22. The lowest BCUT2D eigenvalue weighted by Crippen LogP contribution is -2.09. The standard InChI is InChI=1S/C33H37N3O3/c1-4-5-15-31-35-32-29(34-22(3)37)19-24(23-11-7-6-8-12-23)20-30(32)36(31)25-16-17-26(21(2)18-25)27-13-9-10-14-28(27)33(38)39/h9-10,13-14,16-20,23H,4-8,11-12,15H2,1-3H3,(H,34,37)(H,38,39). The molecule has 1 heterocycles. The van der Waals surface area contributed by atoms with Crippen LogP contribution >= 0.6 is 0 Å². The third kappa shape index (κ3) is 5.47. The minimum atomic E-state index is -0.933. The van der Waals surface area contributed by atoms with Gasteiger partial charge in [0.25, 0.3) is 0 Å². The Morgan fingerprint density at radius 3 is 2.49 bits per heavy atom. The highest BCUT2D eigenvalue weighted by Crippen LogP contribution is 2.38. The SMILES string of the molecule is CCCCc1nc2c(NC(C)=O)cc(C3CCCCC3)cc2n1-c1ccc(-c2ccccc2C(=O)O)c(C)c1. The molecule has 2 N–H and O–H groups in total. The van der Waals surface area contributed by atoms with Crippen molar-refractivity contribution in [3.8, 4) is 16.8 Å². The van der Waals surface area contributed by atoms with E-state index in [-0.39, 0.29) is 5.91 Å². The molecule has 6 heteroatoms. The summed E-state index contributed by atoms with van der Waals surface area (Å²) in [6, 6.07) is 17.7. The van der Waals surface area contributed by atoms with Gasteiger partial charge >= 0.3 is 5.97 Å². The first-order valence-corrected chi connectivity index (χ1v) is 14.1. The number of hydrogen-bond donors (Lipinski definition) is 2. The summed E-state index contributed by atoms with van der Waals surface area (Å²) in [5.41, 5.74) is 7.75. The number of carbonyl (C=O) groups excluding carboxylic acids is 1. The van der Waals surface area contributed by atoms with Crippen molar-refractivity contribution in [1.29, 1.82) is 0 Å². The van der Waals surface area contributed by atoms with E-state index >= 15 is 0 Å². The largest absolute Gasteiger partial charge is 0.478 e. The Kier molecular flexibility index (Phi) is 7.82. The minimum absolute atomic E-state index is 0.0981. The number of fused-ring (bicyclic) bond motifs is 1. The number of aromatic nitrogens is 2. The van der Waals surface area contributed by atoms with E-state index in [1.54, 1.807) is 19.1 Å². The fourth-order valence-electron chi connectivity index (χ4n) is 5.99. The number of rotatable bonds is 8. The summed E-state index contributed by atoms with van der Waals surface area (Å²) in [5, 5.41) is 12.8. The molecule has 0 spiro atoms. The average molecular weight is 524 g/mol. The monoisotopic (exact) mass is 523 g/mol. The number of anilines is 1. The molecule has 202 valence electrons. The third-order valence-corrected chi connectivity index (χ3v) is 7.91. The molecule has 4 aromatic rings. The third-order valence-electron chi connectivity index (χ3n) is 7.91. The van der Waals surface area contributed by atoms with Gasteiger partial charge in [0, 0.05) is 19.0 Å². The molecule has 1 saturated carbocycles. The predicted molar refractivity (Wildman–Crippen MR) is 157 cm³/mol. The number of hydrogen-bond acceptors (Lipinski definition) is 3. The van der Waals surface area contributed by atoms with Gasteiger partial charge in [-0.3, -0.25) is 9.36 Å². The minimum Gasteiger partial charge on any atom is -0.478 e. The van der Waals surface area contributed by atoms with Gasteiger partial charge in [0.2, 0.25) is 5.91 Å². The predicted octanol–water partition coefficient (Wildman–Crippen LogP) is 8.05. The molecule has 1 aromatic heterocycles. The number of nitrogens with zero attached hydrogens (tertiary/aromatic N) is 2. The van der Waals surface area contributed by atoms with Gasteiger partial charge < -0.3 is 10.4 Å². The average Bonchev–Trinajstić information content (AvgIpc) is 3.30. The molecule has 1 aliphatic rings. The maximum Gasteiger partial charge on any atom is 0.336 e. The first kappa shape index (κ1) is 26.7. The van der Waals surface area contributed by atoms with Crippen molar-refractivity contribution in [2.24, 2.45) is 0 Å². The molecule has 0 atom stereocenters. The van der Waals surface area contributed by atoms with Crippen LogP contribution in [0.15, 0.2) is 54.6 Å². The van der Waals surface area contributed by atoms with Gasteiger partial charge in [-0.25, -0.2) is 9.78 Å². The number of aromatic carboxylic acids is 1. The Morgan fingerprint density at radius 1 is 1.03 bits per heavy atom. The molecule has 1 aliphatic carbocycles. The number of carbonyl (C=O) groups is 2. The number of imidazole rings is 1. The van der Waals surface area contributed by atoms with E-state index in [0.29, 0.717) is 17.0 Å². The lowest BCUT2D eigenvalue weighted by Gasteiger charge is -2.23. The maximum atomic E-state index is 12.2. The smallest absolute Gasteiger partial charge is 0.336 e. The second kappa shape index (κ2) is 11.4. The Bertz CT molecular complexity index is 1530. The van der Waals surface area contributed by atoms with E-state index in [2.05, 4.69) is 41.1 Å². The van der Waals surface area contributed by atoms with Gasteiger partial charge in [0.15, 0.2) is 0 Å². The van der Waals surface area contributed by atoms with Crippen molar-refractivity contribution in [2.75, 3.05) is 5.32 Å². The summed E-state index contributed by atoms with van der Waals surface area (Å²) < 4.78 is 2.24. The van der Waals surface area contributed by atoms with E-state index in [4.69, 9.17) is 4.98 Å².